The van der Waals surface area contributed by atoms with Crippen LogP contribution in [0.25, 0.3) is 0 Å². The topological polar surface area (TPSA) is 106 Å². The number of aliphatic hydroxyl groups excluding tert-OH is 1. The minimum atomic E-state index is -0.508. The molecule has 0 aliphatic carbocycles. The average Bonchev–Trinajstić information content (AvgIpc) is 3.30. The van der Waals surface area contributed by atoms with E-state index in [2.05, 4.69) is 26.9 Å². The van der Waals surface area contributed by atoms with E-state index >= 15 is 0 Å². The van der Waals surface area contributed by atoms with Crippen molar-refractivity contribution in [3.8, 4) is 11.8 Å². The van der Waals surface area contributed by atoms with E-state index in [0.29, 0.717) is 19.6 Å². The van der Waals surface area contributed by atoms with Crippen LogP contribution in [0.4, 0.5) is 5.82 Å². The van der Waals surface area contributed by atoms with Gasteiger partial charge in [-0.3, -0.25) is 9.47 Å². The zero-order valence-corrected chi connectivity index (χ0v) is 20.1. The summed E-state index contributed by atoms with van der Waals surface area (Å²) in [6.45, 7) is 7.47. The second kappa shape index (κ2) is 10.9. The van der Waals surface area contributed by atoms with Crippen LogP contribution in [0.1, 0.15) is 37.7 Å². The number of benzene rings is 1. The van der Waals surface area contributed by atoms with E-state index in [4.69, 9.17) is 9.47 Å². The van der Waals surface area contributed by atoms with Crippen molar-refractivity contribution < 1.29 is 19.5 Å². The maximum atomic E-state index is 10.9. The number of piperidine rings is 2. The predicted molar refractivity (Wildman–Crippen MR) is 130 cm³/mol. The molecular formula is C25H35N5O5. The van der Waals surface area contributed by atoms with E-state index in [-0.39, 0.29) is 24.0 Å². The second-order valence-electron chi connectivity index (χ2n) is 10.1. The van der Waals surface area contributed by atoms with Crippen LogP contribution in [0.3, 0.4) is 0 Å². The SMILES string of the molecule is O=[N+]([O-])c1cn2c(n1)OC(COc1ccc(CN3CCC(CN4CCC(O)CC4)CC3)cc1)CC2. The Kier molecular flexibility index (Phi) is 7.50. The molecule has 1 atom stereocenters. The Bertz CT molecular complexity index is 981. The van der Waals surface area contributed by atoms with Crippen molar-refractivity contribution >= 4 is 5.82 Å². The third-order valence-corrected chi connectivity index (χ3v) is 7.42. The summed E-state index contributed by atoms with van der Waals surface area (Å²) >= 11 is 0. The number of aryl methyl sites for hydroxylation is 1. The van der Waals surface area contributed by atoms with Gasteiger partial charge in [0.05, 0.1) is 6.10 Å². The van der Waals surface area contributed by atoms with Gasteiger partial charge in [0, 0.05) is 44.1 Å². The van der Waals surface area contributed by atoms with Crippen molar-refractivity contribution in [2.24, 2.45) is 5.92 Å². The first kappa shape index (κ1) is 24.0. The van der Waals surface area contributed by atoms with Crippen LogP contribution in [0.15, 0.2) is 30.5 Å². The average molecular weight is 486 g/mol. The Balaban J connectivity index is 1.02. The Morgan fingerprint density at radius 2 is 1.74 bits per heavy atom. The molecule has 1 unspecified atom stereocenters. The first-order chi connectivity index (χ1) is 17.0. The van der Waals surface area contributed by atoms with Crippen LogP contribution in [0.5, 0.6) is 11.8 Å². The number of rotatable bonds is 8. The van der Waals surface area contributed by atoms with Crippen molar-refractivity contribution in [1.82, 2.24) is 19.4 Å². The number of imidazole rings is 1. The molecule has 0 bridgehead atoms. The molecule has 5 rings (SSSR count). The summed E-state index contributed by atoms with van der Waals surface area (Å²) in [5.74, 6) is 1.37. The van der Waals surface area contributed by atoms with Crippen LogP contribution >= 0.6 is 0 Å². The van der Waals surface area contributed by atoms with E-state index in [1.54, 1.807) is 4.57 Å². The Morgan fingerprint density at radius 1 is 1.03 bits per heavy atom. The van der Waals surface area contributed by atoms with Gasteiger partial charge in [0.15, 0.2) is 0 Å². The van der Waals surface area contributed by atoms with Crippen molar-refractivity contribution in [2.75, 3.05) is 39.3 Å². The van der Waals surface area contributed by atoms with Gasteiger partial charge in [-0.25, -0.2) is 0 Å². The second-order valence-corrected chi connectivity index (χ2v) is 10.1. The van der Waals surface area contributed by atoms with Gasteiger partial charge in [0.2, 0.25) is 0 Å². The first-order valence-electron chi connectivity index (χ1n) is 12.7. The third kappa shape index (κ3) is 6.31. The molecule has 1 aromatic carbocycles. The highest BCUT2D eigenvalue weighted by atomic mass is 16.6. The summed E-state index contributed by atoms with van der Waals surface area (Å²) in [5, 5.41) is 20.6. The molecule has 2 fully saturated rings. The van der Waals surface area contributed by atoms with Gasteiger partial charge in [-0.1, -0.05) is 12.1 Å². The van der Waals surface area contributed by atoms with Crippen molar-refractivity contribution in [1.29, 1.82) is 0 Å². The summed E-state index contributed by atoms with van der Waals surface area (Å²) in [6, 6.07) is 8.53. The molecule has 0 saturated carbocycles. The maximum Gasteiger partial charge on any atom is 0.414 e. The van der Waals surface area contributed by atoms with Crippen LogP contribution in [0, 0.1) is 16.0 Å². The summed E-state index contributed by atoms with van der Waals surface area (Å²) in [7, 11) is 0. The normalized spacial score (nSPS) is 22.5. The summed E-state index contributed by atoms with van der Waals surface area (Å²) < 4.78 is 13.4. The molecule has 10 nitrogen and oxygen atoms in total. The number of hydrogen-bond acceptors (Lipinski definition) is 8. The molecule has 1 N–H and O–H groups in total. The van der Waals surface area contributed by atoms with Gasteiger partial charge in [0.25, 0.3) is 0 Å². The maximum absolute atomic E-state index is 10.9. The van der Waals surface area contributed by atoms with Crippen LogP contribution < -0.4 is 9.47 Å². The highest BCUT2D eigenvalue weighted by Crippen LogP contribution is 2.25. The van der Waals surface area contributed by atoms with E-state index in [1.807, 2.05) is 12.1 Å². The van der Waals surface area contributed by atoms with E-state index < -0.39 is 4.92 Å². The first-order valence-corrected chi connectivity index (χ1v) is 12.7. The molecule has 2 aromatic rings. The predicted octanol–water partition coefficient (Wildman–Crippen LogP) is 2.69. The minimum absolute atomic E-state index is 0.0953. The van der Waals surface area contributed by atoms with Gasteiger partial charge in [0.1, 0.15) is 24.7 Å². The smallest absolute Gasteiger partial charge is 0.414 e. The van der Waals surface area contributed by atoms with Gasteiger partial charge >= 0.3 is 11.8 Å². The summed E-state index contributed by atoms with van der Waals surface area (Å²) in [6.07, 6.45) is 6.17. The molecule has 0 radical (unpaired) electrons. The molecule has 4 heterocycles. The Hall–Kier alpha value is -2.69. The Labute approximate surface area is 205 Å². The zero-order valence-electron chi connectivity index (χ0n) is 20.1. The lowest BCUT2D eigenvalue weighted by Crippen LogP contribution is -2.42. The van der Waals surface area contributed by atoms with E-state index in [9.17, 15) is 15.2 Å². The van der Waals surface area contributed by atoms with Gasteiger partial charge in [-0.15, -0.1) is 0 Å². The summed E-state index contributed by atoms with van der Waals surface area (Å²) in [5.41, 5.74) is 1.28. The van der Waals surface area contributed by atoms with E-state index in [1.165, 1.54) is 31.1 Å². The van der Waals surface area contributed by atoms with Gasteiger partial charge in [-0.2, -0.15) is 0 Å². The van der Waals surface area contributed by atoms with Gasteiger partial charge < -0.3 is 29.6 Å². The number of nitrogens with zero attached hydrogens (tertiary/aromatic N) is 5. The zero-order chi connectivity index (χ0) is 24.2. The van der Waals surface area contributed by atoms with Crippen molar-refractivity contribution in [3.05, 3.63) is 46.1 Å². The third-order valence-electron chi connectivity index (χ3n) is 7.42. The molecule has 0 amide bonds. The number of aliphatic hydroxyl groups is 1. The lowest BCUT2D eigenvalue weighted by atomic mass is 9.94. The molecule has 0 spiro atoms. The fourth-order valence-electron chi connectivity index (χ4n) is 5.27. The minimum Gasteiger partial charge on any atom is -0.490 e. The number of fused-ring (bicyclic) bond motifs is 1. The molecule has 1 aromatic heterocycles. The fraction of sp³-hybridized carbons (Fsp3) is 0.640. The monoisotopic (exact) mass is 485 g/mol. The summed E-state index contributed by atoms with van der Waals surface area (Å²) in [4.78, 5) is 19.4. The largest absolute Gasteiger partial charge is 0.490 e. The molecule has 190 valence electrons. The quantitative estimate of drug-likeness (QED) is 0.449. The number of hydrogen-bond donors (Lipinski definition) is 1. The number of nitro groups is 1. The fourth-order valence-corrected chi connectivity index (χ4v) is 5.27. The highest BCUT2D eigenvalue weighted by Gasteiger charge is 2.28. The van der Waals surface area contributed by atoms with Gasteiger partial charge in [-0.05, 0) is 67.3 Å². The van der Waals surface area contributed by atoms with E-state index in [0.717, 1.165) is 57.2 Å². The lowest BCUT2D eigenvalue weighted by molar-refractivity contribution is -0.389. The molecule has 10 heteroatoms. The lowest BCUT2D eigenvalue weighted by Gasteiger charge is -2.37. The number of aromatic nitrogens is 2. The number of likely N-dealkylation sites (tertiary alicyclic amines) is 2. The molecule has 2 saturated heterocycles. The highest BCUT2D eigenvalue weighted by molar-refractivity contribution is 5.27. The molecule has 35 heavy (non-hydrogen) atoms. The van der Waals surface area contributed by atoms with Crippen LogP contribution in [0.2, 0.25) is 0 Å². The molecule has 3 aliphatic heterocycles. The number of ether oxygens (including phenoxy) is 2. The molecule has 3 aliphatic rings. The molecular weight excluding hydrogens is 450 g/mol. The van der Waals surface area contributed by atoms with Crippen molar-refractivity contribution in [2.45, 2.75) is 57.4 Å². The Morgan fingerprint density at radius 3 is 2.46 bits per heavy atom. The standard InChI is InChI=1S/C25H35N5O5/c31-21-7-12-28(13-8-21)16-20-5-10-27(11-6-20)15-19-1-3-22(4-2-19)34-18-23-9-14-29-17-24(30(32)33)26-25(29)35-23/h1-4,17,20-21,23,31H,5-16,18H2. The van der Waals surface area contributed by atoms with Crippen LogP contribution in [-0.4, -0.2) is 80.9 Å². The van der Waals surface area contributed by atoms with Crippen molar-refractivity contribution in [3.63, 3.8) is 0 Å². The van der Waals surface area contributed by atoms with Crippen LogP contribution in [-0.2, 0) is 13.1 Å².